The van der Waals surface area contributed by atoms with Gasteiger partial charge in [0.05, 0.1) is 6.07 Å². The SMILES string of the molecule is CC(C)CCCC(C)NC(=O)C(C#N)c1ccccc1. The normalized spacial score (nSPS) is 13.6. The Labute approximate surface area is 122 Å². The Hall–Kier alpha value is -1.82. The summed E-state index contributed by atoms with van der Waals surface area (Å²) in [7, 11) is 0. The Bertz CT molecular complexity index is 448. The summed E-state index contributed by atoms with van der Waals surface area (Å²) in [4.78, 5) is 12.1. The summed E-state index contributed by atoms with van der Waals surface area (Å²) >= 11 is 0. The maximum atomic E-state index is 12.1. The van der Waals surface area contributed by atoms with Gasteiger partial charge in [-0.2, -0.15) is 5.26 Å². The van der Waals surface area contributed by atoms with Gasteiger partial charge in [0.25, 0.3) is 0 Å². The van der Waals surface area contributed by atoms with Gasteiger partial charge in [0.1, 0.15) is 5.92 Å². The van der Waals surface area contributed by atoms with E-state index in [1.165, 1.54) is 6.42 Å². The molecule has 0 aromatic heterocycles. The first kappa shape index (κ1) is 16.2. The first-order valence-electron chi connectivity index (χ1n) is 7.29. The molecule has 3 nitrogen and oxygen atoms in total. The summed E-state index contributed by atoms with van der Waals surface area (Å²) in [5.41, 5.74) is 0.752. The Kier molecular flexibility index (Phi) is 6.79. The van der Waals surface area contributed by atoms with Crippen LogP contribution in [-0.2, 0) is 4.79 Å². The van der Waals surface area contributed by atoms with Gasteiger partial charge in [0.2, 0.25) is 5.91 Å². The zero-order valence-corrected chi connectivity index (χ0v) is 12.6. The van der Waals surface area contributed by atoms with E-state index in [1.807, 2.05) is 37.3 Å². The van der Waals surface area contributed by atoms with Crippen molar-refractivity contribution in [3.05, 3.63) is 35.9 Å². The fraction of sp³-hybridized carbons (Fsp3) is 0.529. The molecule has 0 bridgehead atoms. The number of nitriles is 1. The van der Waals surface area contributed by atoms with Crippen molar-refractivity contribution in [1.29, 1.82) is 5.26 Å². The summed E-state index contributed by atoms with van der Waals surface area (Å²) in [5, 5.41) is 12.1. The van der Waals surface area contributed by atoms with Crippen molar-refractivity contribution in [2.45, 2.75) is 52.0 Å². The minimum absolute atomic E-state index is 0.112. The van der Waals surface area contributed by atoms with Crippen LogP contribution in [0, 0.1) is 17.2 Å². The lowest BCUT2D eigenvalue weighted by molar-refractivity contribution is -0.122. The molecular formula is C17H24N2O. The Morgan fingerprint density at radius 2 is 1.85 bits per heavy atom. The third kappa shape index (κ3) is 5.44. The van der Waals surface area contributed by atoms with Crippen LogP contribution in [0.5, 0.6) is 0 Å². The topological polar surface area (TPSA) is 52.9 Å². The summed E-state index contributed by atoms with van der Waals surface area (Å²) in [6, 6.07) is 11.4. The molecule has 1 aromatic rings. The van der Waals surface area contributed by atoms with Gasteiger partial charge in [-0.05, 0) is 24.8 Å². The zero-order valence-electron chi connectivity index (χ0n) is 12.6. The average molecular weight is 272 g/mol. The second-order valence-corrected chi connectivity index (χ2v) is 5.71. The van der Waals surface area contributed by atoms with Crippen molar-refractivity contribution < 1.29 is 4.79 Å². The summed E-state index contributed by atoms with van der Waals surface area (Å²) in [5.74, 6) is -0.228. The Balaban J connectivity index is 2.50. The lowest BCUT2D eigenvalue weighted by Crippen LogP contribution is -2.36. The molecule has 1 rings (SSSR count). The van der Waals surface area contributed by atoms with E-state index in [2.05, 4.69) is 25.2 Å². The number of nitrogens with zero attached hydrogens (tertiary/aromatic N) is 1. The lowest BCUT2D eigenvalue weighted by Gasteiger charge is -2.17. The third-order valence-corrected chi connectivity index (χ3v) is 3.33. The van der Waals surface area contributed by atoms with Gasteiger partial charge in [0.15, 0.2) is 0 Å². The van der Waals surface area contributed by atoms with Crippen LogP contribution in [0.4, 0.5) is 0 Å². The fourth-order valence-corrected chi connectivity index (χ4v) is 2.16. The molecule has 0 saturated heterocycles. The van der Waals surface area contributed by atoms with Crippen molar-refractivity contribution >= 4 is 5.91 Å². The molecule has 0 radical (unpaired) electrons. The zero-order chi connectivity index (χ0) is 15.0. The van der Waals surface area contributed by atoms with Gasteiger partial charge in [-0.15, -0.1) is 0 Å². The van der Waals surface area contributed by atoms with E-state index in [0.717, 1.165) is 18.4 Å². The van der Waals surface area contributed by atoms with Crippen LogP contribution in [0.2, 0.25) is 0 Å². The molecule has 0 saturated carbocycles. The molecule has 1 aromatic carbocycles. The highest BCUT2D eigenvalue weighted by atomic mass is 16.1. The van der Waals surface area contributed by atoms with Crippen molar-refractivity contribution in [1.82, 2.24) is 5.32 Å². The molecule has 108 valence electrons. The third-order valence-electron chi connectivity index (χ3n) is 3.33. The molecule has 1 amide bonds. The van der Waals surface area contributed by atoms with Gasteiger partial charge >= 0.3 is 0 Å². The van der Waals surface area contributed by atoms with Crippen LogP contribution in [0.25, 0.3) is 0 Å². The second kappa shape index (κ2) is 8.37. The molecule has 0 fully saturated rings. The molecule has 0 aliphatic rings. The van der Waals surface area contributed by atoms with E-state index in [4.69, 9.17) is 0 Å². The van der Waals surface area contributed by atoms with Gasteiger partial charge < -0.3 is 5.32 Å². The molecule has 0 aliphatic carbocycles. The van der Waals surface area contributed by atoms with Crippen LogP contribution < -0.4 is 5.32 Å². The van der Waals surface area contributed by atoms with Gasteiger partial charge in [-0.25, -0.2) is 0 Å². The van der Waals surface area contributed by atoms with E-state index in [9.17, 15) is 10.1 Å². The minimum Gasteiger partial charge on any atom is -0.352 e. The minimum atomic E-state index is -0.719. The van der Waals surface area contributed by atoms with Crippen molar-refractivity contribution in [3.63, 3.8) is 0 Å². The largest absolute Gasteiger partial charge is 0.352 e. The predicted octanol–water partition coefficient (Wildman–Crippen LogP) is 3.62. The van der Waals surface area contributed by atoms with E-state index in [0.29, 0.717) is 5.92 Å². The van der Waals surface area contributed by atoms with Crippen LogP contribution in [-0.4, -0.2) is 11.9 Å². The molecule has 0 aliphatic heterocycles. The highest BCUT2D eigenvalue weighted by Gasteiger charge is 2.21. The molecular weight excluding hydrogens is 248 g/mol. The fourth-order valence-electron chi connectivity index (χ4n) is 2.16. The Morgan fingerprint density at radius 3 is 2.40 bits per heavy atom. The Morgan fingerprint density at radius 1 is 1.20 bits per heavy atom. The molecule has 1 N–H and O–H groups in total. The van der Waals surface area contributed by atoms with E-state index >= 15 is 0 Å². The van der Waals surface area contributed by atoms with Crippen molar-refractivity contribution in [2.75, 3.05) is 0 Å². The summed E-state index contributed by atoms with van der Waals surface area (Å²) in [6.07, 6.45) is 3.22. The first-order valence-corrected chi connectivity index (χ1v) is 7.29. The first-order chi connectivity index (χ1) is 9.54. The standard InChI is InChI=1S/C17H24N2O/c1-13(2)8-7-9-14(3)19-17(20)16(12-18)15-10-5-4-6-11-15/h4-6,10-11,13-14,16H,7-9H2,1-3H3,(H,19,20). The second-order valence-electron chi connectivity index (χ2n) is 5.71. The van der Waals surface area contributed by atoms with Crippen molar-refractivity contribution in [2.24, 2.45) is 5.92 Å². The number of nitrogens with one attached hydrogen (secondary N) is 1. The predicted molar refractivity (Wildman–Crippen MR) is 81.1 cm³/mol. The van der Waals surface area contributed by atoms with Crippen molar-refractivity contribution in [3.8, 4) is 6.07 Å². The molecule has 2 atom stereocenters. The van der Waals surface area contributed by atoms with Gasteiger partial charge in [0, 0.05) is 6.04 Å². The number of amides is 1. The molecule has 3 heteroatoms. The lowest BCUT2D eigenvalue weighted by atomic mass is 9.99. The number of hydrogen-bond donors (Lipinski definition) is 1. The molecule has 20 heavy (non-hydrogen) atoms. The quantitative estimate of drug-likeness (QED) is 0.824. The van der Waals surface area contributed by atoms with Crippen LogP contribution in [0.15, 0.2) is 30.3 Å². The van der Waals surface area contributed by atoms with Crippen LogP contribution in [0.1, 0.15) is 51.5 Å². The summed E-state index contributed by atoms with van der Waals surface area (Å²) in [6.45, 7) is 6.40. The average Bonchev–Trinajstić information content (AvgIpc) is 2.40. The van der Waals surface area contributed by atoms with Crippen LogP contribution >= 0.6 is 0 Å². The molecule has 0 heterocycles. The number of carbonyl (C=O) groups excluding carboxylic acids is 1. The highest BCUT2D eigenvalue weighted by Crippen LogP contribution is 2.15. The maximum Gasteiger partial charge on any atom is 0.242 e. The number of carbonyl (C=O) groups is 1. The van der Waals surface area contributed by atoms with E-state index in [-0.39, 0.29) is 11.9 Å². The summed E-state index contributed by atoms with van der Waals surface area (Å²) < 4.78 is 0. The molecule has 0 spiro atoms. The highest BCUT2D eigenvalue weighted by molar-refractivity contribution is 5.86. The molecule has 2 unspecified atom stereocenters. The number of benzene rings is 1. The van der Waals surface area contributed by atoms with Crippen LogP contribution in [0.3, 0.4) is 0 Å². The maximum absolute atomic E-state index is 12.1. The monoisotopic (exact) mass is 272 g/mol. The van der Waals surface area contributed by atoms with E-state index < -0.39 is 5.92 Å². The smallest absolute Gasteiger partial charge is 0.242 e. The van der Waals surface area contributed by atoms with E-state index in [1.54, 1.807) is 0 Å². The van der Waals surface area contributed by atoms with Gasteiger partial charge in [-0.1, -0.05) is 57.0 Å². The van der Waals surface area contributed by atoms with Gasteiger partial charge in [-0.3, -0.25) is 4.79 Å². The number of rotatable bonds is 7. The number of hydrogen-bond acceptors (Lipinski definition) is 2.